The maximum atomic E-state index is 5.75. The number of hydrogen-bond acceptors (Lipinski definition) is 4. The van der Waals surface area contributed by atoms with Crippen molar-refractivity contribution in [3.63, 3.8) is 0 Å². The van der Waals surface area contributed by atoms with Crippen LogP contribution in [0.25, 0.3) is 0 Å². The minimum atomic E-state index is 0.370. The lowest BCUT2D eigenvalue weighted by atomic mass is 9.96. The summed E-state index contributed by atoms with van der Waals surface area (Å²) >= 11 is 0. The summed E-state index contributed by atoms with van der Waals surface area (Å²) in [7, 11) is 0. The van der Waals surface area contributed by atoms with Gasteiger partial charge in [-0.15, -0.1) is 0 Å². The summed E-state index contributed by atoms with van der Waals surface area (Å²) in [5.41, 5.74) is 1.11. The van der Waals surface area contributed by atoms with E-state index in [2.05, 4.69) is 10.3 Å². The zero-order valence-corrected chi connectivity index (χ0v) is 9.24. The number of rotatable bonds is 2. The summed E-state index contributed by atoms with van der Waals surface area (Å²) < 4.78 is 11.3. The van der Waals surface area contributed by atoms with E-state index in [1.54, 1.807) is 0 Å². The molecule has 1 N–H and O–H groups in total. The van der Waals surface area contributed by atoms with Crippen LogP contribution in [0.1, 0.15) is 24.8 Å². The Kier molecular flexibility index (Phi) is 2.66. The largest absolute Gasteiger partial charge is 0.476 e. The molecule has 0 atom stereocenters. The lowest BCUT2D eigenvalue weighted by Crippen LogP contribution is -2.25. The number of nitrogens with one attached hydrogen (secondary N) is 1. The summed E-state index contributed by atoms with van der Waals surface area (Å²) in [6, 6.07) is 3.97. The molecule has 1 aromatic rings. The second kappa shape index (κ2) is 4.29. The Bertz CT molecular complexity index is 377. The summed E-state index contributed by atoms with van der Waals surface area (Å²) in [4.78, 5) is 4.41. The first-order chi connectivity index (χ1) is 7.92. The average molecular weight is 220 g/mol. The molecule has 86 valence electrons. The van der Waals surface area contributed by atoms with Crippen molar-refractivity contribution >= 4 is 0 Å². The van der Waals surface area contributed by atoms with Crippen molar-refractivity contribution in [2.75, 3.05) is 13.2 Å². The van der Waals surface area contributed by atoms with E-state index in [9.17, 15) is 0 Å². The van der Waals surface area contributed by atoms with Crippen LogP contribution >= 0.6 is 0 Å². The highest BCUT2D eigenvalue weighted by Gasteiger charge is 2.20. The third kappa shape index (κ3) is 1.97. The van der Waals surface area contributed by atoms with Crippen LogP contribution in [-0.4, -0.2) is 24.2 Å². The van der Waals surface area contributed by atoms with Gasteiger partial charge in [0.15, 0.2) is 0 Å². The fourth-order valence-electron chi connectivity index (χ4n) is 1.88. The highest BCUT2D eigenvalue weighted by Crippen LogP contribution is 2.27. The first-order valence-electron chi connectivity index (χ1n) is 5.92. The molecule has 1 aromatic heterocycles. The summed E-state index contributed by atoms with van der Waals surface area (Å²) in [6.45, 7) is 2.37. The number of pyridine rings is 1. The van der Waals surface area contributed by atoms with E-state index in [1.165, 1.54) is 6.42 Å². The van der Waals surface area contributed by atoms with Crippen LogP contribution in [0.3, 0.4) is 0 Å². The normalized spacial score (nSPS) is 20.2. The van der Waals surface area contributed by atoms with Crippen LogP contribution in [-0.2, 0) is 6.54 Å². The minimum absolute atomic E-state index is 0.370. The van der Waals surface area contributed by atoms with Gasteiger partial charge in [0.05, 0.1) is 0 Å². The van der Waals surface area contributed by atoms with Crippen LogP contribution in [0.2, 0.25) is 0 Å². The molecular weight excluding hydrogens is 204 g/mol. The lowest BCUT2D eigenvalue weighted by Gasteiger charge is -2.25. The Balaban J connectivity index is 1.77. The molecular formula is C12H16N2O2. The molecule has 2 aliphatic rings. The van der Waals surface area contributed by atoms with Crippen molar-refractivity contribution in [1.82, 2.24) is 10.3 Å². The van der Waals surface area contributed by atoms with Gasteiger partial charge in [-0.05, 0) is 25.3 Å². The molecule has 0 unspecified atom stereocenters. The molecule has 0 spiro atoms. The molecule has 2 heterocycles. The van der Waals surface area contributed by atoms with Crippen LogP contribution in [0.15, 0.2) is 12.1 Å². The third-order valence-corrected chi connectivity index (χ3v) is 3.09. The van der Waals surface area contributed by atoms with Crippen molar-refractivity contribution in [2.24, 2.45) is 0 Å². The highest BCUT2D eigenvalue weighted by molar-refractivity contribution is 5.31. The first kappa shape index (κ1) is 9.90. The Morgan fingerprint density at radius 2 is 2.31 bits per heavy atom. The maximum Gasteiger partial charge on any atom is 0.221 e. The fraction of sp³-hybridized carbons (Fsp3) is 0.583. The molecule has 1 aliphatic heterocycles. The molecule has 4 nitrogen and oxygen atoms in total. The molecule has 1 saturated carbocycles. The number of nitrogens with zero attached hydrogens (tertiary/aromatic N) is 1. The highest BCUT2D eigenvalue weighted by atomic mass is 16.5. The maximum absolute atomic E-state index is 5.75. The standard InChI is InChI=1S/C12H16N2O2/c1-2-10(3-1)16-11-5-4-9-8-13-6-7-15-12(9)14-11/h4-5,10,13H,1-3,6-8H2. The number of hydrogen-bond donors (Lipinski definition) is 1. The van der Waals surface area contributed by atoms with E-state index < -0.39 is 0 Å². The zero-order valence-electron chi connectivity index (χ0n) is 9.24. The Morgan fingerprint density at radius 3 is 3.12 bits per heavy atom. The van der Waals surface area contributed by atoms with Crippen molar-refractivity contribution in [3.05, 3.63) is 17.7 Å². The molecule has 16 heavy (non-hydrogen) atoms. The summed E-state index contributed by atoms with van der Waals surface area (Å²) in [6.07, 6.45) is 3.95. The number of aromatic nitrogens is 1. The van der Waals surface area contributed by atoms with E-state index in [-0.39, 0.29) is 0 Å². The second-order valence-corrected chi connectivity index (χ2v) is 4.31. The SMILES string of the molecule is c1cc2c(nc1OC1CCC1)OCCNC2. The van der Waals surface area contributed by atoms with Crippen molar-refractivity contribution < 1.29 is 9.47 Å². The van der Waals surface area contributed by atoms with Gasteiger partial charge in [-0.1, -0.05) is 0 Å². The Hall–Kier alpha value is -1.29. The van der Waals surface area contributed by atoms with Gasteiger partial charge in [0.25, 0.3) is 0 Å². The Labute approximate surface area is 95.0 Å². The van der Waals surface area contributed by atoms with Gasteiger partial charge < -0.3 is 14.8 Å². The molecule has 1 fully saturated rings. The number of fused-ring (bicyclic) bond motifs is 1. The quantitative estimate of drug-likeness (QED) is 0.820. The molecule has 0 aromatic carbocycles. The molecule has 3 rings (SSSR count). The van der Waals surface area contributed by atoms with E-state index in [1.807, 2.05) is 12.1 Å². The summed E-state index contributed by atoms with van der Waals surface area (Å²) in [5, 5.41) is 3.28. The van der Waals surface area contributed by atoms with Crippen LogP contribution in [0.5, 0.6) is 11.8 Å². The topological polar surface area (TPSA) is 43.4 Å². The van der Waals surface area contributed by atoms with Gasteiger partial charge in [0, 0.05) is 24.7 Å². The van der Waals surface area contributed by atoms with Gasteiger partial charge >= 0.3 is 0 Å². The van der Waals surface area contributed by atoms with Crippen LogP contribution < -0.4 is 14.8 Å². The van der Waals surface area contributed by atoms with E-state index in [0.29, 0.717) is 18.6 Å². The fourth-order valence-corrected chi connectivity index (χ4v) is 1.88. The predicted molar refractivity (Wildman–Crippen MR) is 59.7 cm³/mol. The molecule has 1 aliphatic carbocycles. The van der Waals surface area contributed by atoms with Gasteiger partial charge in [0.2, 0.25) is 11.8 Å². The van der Waals surface area contributed by atoms with Gasteiger partial charge in [0.1, 0.15) is 12.7 Å². The van der Waals surface area contributed by atoms with Crippen molar-refractivity contribution in [2.45, 2.75) is 31.9 Å². The van der Waals surface area contributed by atoms with E-state index >= 15 is 0 Å². The van der Waals surface area contributed by atoms with E-state index in [0.717, 1.165) is 37.4 Å². The number of ether oxygens (including phenoxy) is 2. The molecule has 4 heteroatoms. The van der Waals surface area contributed by atoms with Gasteiger partial charge in [-0.3, -0.25) is 0 Å². The average Bonchev–Trinajstić information content (AvgIpc) is 2.48. The minimum Gasteiger partial charge on any atom is -0.476 e. The monoisotopic (exact) mass is 220 g/mol. The summed E-state index contributed by atoms with van der Waals surface area (Å²) in [5.74, 6) is 1.42. The molecule has 0 bridgehead atoms. The van der Waals surface area contributed by atoms with Crippen LogP contribution in [0, 0.1) is 0 Å². The van der Waals surface area contributed by atoms with E-state index in [4.69, 9.17) is 9.47 Å². The predicted octanol–water partition coefficient (Wildman–Crippen LogP) is 1.49. The zero-order chi connectivity index (χ0) is 10.8. The van der Waals surface area contributed by atoms with Crippen LogP contribution in [0.4, 0.5) is 0 Å². The third-order valence-electron chi connectivity index (χ3n) is 3.09. The lowest BCUT2D eigenvalue weighted by molar-refractivity contribution is 0.113. The van der Waals surface area contributed by atoms with Crippen molar-refractivity contribution in [3.8, 4) is 11.8 Å². The second-order valence-electron chi connectivity index (χ2n) is 4.31. The van der Waals surface area contributed by atoms with Gasteiger partial charge in [-0.2, -0.15) is 4.98 Å². The molecule has 0 saturated heterocycles. The first-order valence-corrected chi connectivity index (χ1v) is 5.92. The molecule has 0 radical (unpaired) electrons. The van der Waals surface area contributed by atoms with Gasteiger partial charge in [-0.25, -0.2) is 0 Å². The molecule has 0 amide bonds. The van der Waals surface area contributed by atoms with Crippen molar-refractivity contribution in [1.29, 1.82) is 0 Å². The Morgan fingerprint density at radius 1 is 1.38 bits per heavy atom. The smallest absolute Gasteiger partial charge is 0.221 e.